The number of aryl methyl sites for hydroxylation is 2. The maximum atomic E-state index is 14.8. The van der Waals surface area contributed by atoms with Crippen molar-refractivity contribution in [3.05, 3.63) is 93.7 Å². The molecule has 2 saturated heterocycles. The summed E-state index contributed by atoms with van der Waals surface area (Å²) in [5, 5.41) is 22.5. The highest BCUT2D eigenvalue weighted by Gasteiger charge is 2.64. The van der Waals surface area contributed by atoms with Gasteiger partial charge in [0.2, 0.25) is 11.9 Å². The molecule has 1 saturated carbocycles. The average molecular weight is 1000 g/mol. The number of aromatic nitrogens is 6. The number of likely N-dealkylation sites (tertiary alicyclic amines) is 1. The summed E-state index contributed by atoms with van der Waals surface area (Å²) >= 11 is 6.28. The van der Waals surface area contributed by atoms with E-state index >= 15 is 0 Å². The number of benzene rings is 2. The van der Waals surface area contributed by atoms with Crippen molar-refractivity contribution < 1.29 is 23.1 Å². The number of carbonyl (C=O) groups excluding carboxylic acids is 2. The zero-order chi connectivity index (χ0) is 50.8. The Morgan fingerprint density at radius 1 is 0.986 bits per heavy atom. The van der Waals surface area contributed by atoms with Crippen LogP contribution in [0.2, 0.25) is 5.02 Å². The second-order valence-corrected chi connectivity index (χ2v) is 22.4. The summed E-state index contributed by atoms with van der Waals surface area (Å²) < 4.78 is 39.9. The van der Waals surface area contributed by atoms with E-state index in [9.17, 15) is 23.6 Å². The number of ether oxygens (including phenoxy) is 1. The number of rotatable bonds is 11. The van der Waals surface area contributed by atoms with Gasteiger partial charge in [-0.15, -0.1) is 0 Å². The van der Waals surface area contributed by atoms with Crippen molar-refractivity contribution in [3.63, 3.8) is 0 Å². The zero-order valence-electron chi connectivity index (χ0n) is 42.3. The molecule has 2 unspecified atom stereocenters. The van der Waals surface area contributed by atoms with Gasteiger partial charge in [-0.1, -0.05) is 46.2 Å². The molecule has 1 aliphatic carbocycles. The number of anilines is 3. The lowest BCUT2D eigenvalue weighted by Gasteiger charge is -2.63. The Bertz CT molecular complexity index is 2890. The Balaban J connectivity index is 0.757. The third-order valence-electron chi connectivity index (χ3n) is 16.5. The number of amides is 2. The van der Waals surface area contributed by atoms with Gasteiger partial charge in [0.25, 0.3) is 12.3 Å². The minimum absolute atomic E-state index is 0.0157. The quantitative estimate of drug-likeness (QED) is 0.135. The Kier molecular flexibility index (Phi) is 13.3. The van der Waals surface area contributed by atoms with Crippen LogP contribution >= 0.6 is 11.6 Å². The molecule has 3 fully saturated rings. The van der Waals surface area contributed by atoms with Gasteiger partial charge < -0.3 is 29.7 Å². The van der Waals surface area contributed by atoms with Crippen molar-refractivity contribution in [2.45, 2.75) is 111 Å². The third kappa shape index (κ3) is 9.18. The molecule has 15 nitrogen and oxygen atoms in total. The van der Waals surface area contributed by atoms with Crippen molar-refractivity contribution in [1.82, 2.24) is 44.6 Å². The van der Waals surface area contributed by atoms with Crippen LogP contribution in [0.15, 0.2) is 55.1 Å². The van der Waals surface area contributed by atoms with E-state index in [4.69, 9.17) is 21.4 Å². The van der Waals surface area contributed by atoms with Crippen LogP contribution in [0.25, 0.3) is 11.1 Å². The number of halogens is 3. The van der Waals surface area contributed by atoms with Gasteiger partial charge in [-0.3, -0.25) is 19.0 Å². The predicted molar refractivity (Wildman–Crippen MR) is 272 cm³/mol. The number of alkyl halides is 2. The molecule has 18 heteroatoms. The number of hydrogen-bond donors (Lipinski definition) is 1. The summed E-state index contributed by atoms with van der Waals surface area (Å²) in [4.78, 5) is 44.6. The van der Waals surface area contributed by atoms with Crippen LogP contribution in [0.1, 0.15) is 118 Å². The molecule has 2 aromatic carbocycles. The smallest absolute Gasteiger partial charge is 0.264 e. The second-order valence-electron chi connectivity index (χ2n) is 22.0. The molecule has 0 bridgehead atoms. The van der Waals surface area contributed by atoms with E-state index < -0.39 is 17.3 Å². The number of fused-ring (bicyclic) bond motifs is 2. The topological polar surface area (TPSA) is 154 Å². The molecule has 5 aliphatic rings. The zero-order valence-corrected chi connectivity index (χ0v) is 43.1. The minimum Gasteiger partial charge on any atom is -0.489 e. The van der Waals surface area contributed by atoms with Crippen LogP contribution in [0, 0.1) is 34.0 Å². The number of nitrogens with one attached hydrogen (secondary N) is 1. The fourth-order valence-corrected chi connectivity index (χ4v) is 13.0. The number of hydrogen-bond acceptors (Lipinski definition) is 11. The summed E-state index contributed by atoms with van der Waals surface area (Å²) in [6, 6.07) is 10.7. The highest BCUT2D eigenvalue weighted by Crippen LogP contribution is 2.56. The van der Waals surface area contributed by atoms with Gasteiger partial charge in [-0.2, -0.15) is 15.5 Å². The lowest BCUT2D eigenvalue weighted by Crippen LogP contribution is -2.74. The van der Waals surface area contributed by atoms with E-state index in [2.05, 4.69) is 80.5 Å². The van der Waals surface area contributed by atoms with Crippen LogP contribution in [0.4, 0.5) is 26.2 Å². The molecule has 0 spiro atoms. The molecule has 72 heavy (non-hydrogen) atoms. The Morgan fingerprint density at radius 3 is 2.39 bits per heavy atom. The molecule has 2 atom stereocenters. The highest BCUT2D eigenvalue weighted by atomic mass is 35.5. The predicted octanol–water partition coefficient (Wildman–Crippen LogP) is 8.94. The van der Waals surface area contributed by atoms with Gasteiger partial charge in [0, 0.05) is 136 Å². The van der Waals surface area contributed by atoms with Crippen LogP contribution in [-0.2, 0) is 31.2 Å². The lowest BCUT2D eigenvalue weighted by atomic mass is 9.49. The maximum Gasteiger partial charge on any atom is 0.264 e. The molecule has 5 aromatic rings. The molecule has 10 rings (SSSR count). The van der Waals surface area contributed by atoms with Crippen LogP contribution in [-0.4, -0.2) is 109 Å². The largest absolute Gasteiger partial charge is 0.489 e. The summed E-state index contributed by atoms with van der Waals surface area (Å²) in [6.45, 7) is 18.5. The molecule has 2 amide bonds. The van der Waals surface area contributed by atoms with Crippen molar-refractivity contribution >= 4 is 40.9 Å². The SMILES string of the molecule is CC(=O)N1CCc2c(c(N3CCCc4cc(-c5cnn(C)c5)c(C(F)F)cc43)nn2C2CCN(CC3CCN(c4ncc(C(=O)NC5C(C)(C)C(Oc6ccc(C#N)c(Cl)c6)C5(C)C)cn4)CC3C)CC2)C1. The van der Waals surface area contributed by atoms with Gasteiger partial charge in [0.05, 0.1) is 34.9 Å². The second kappa shape index (κ2) is 19.4. The molecule has 7 heterocycles. The van der Waals surface area contributed by atoms with Crippen molar-refractivity contribution in [2.24, 2.45) is 29.7 Å². The molecule has 0 radical (unpaired) electrons. The summed E-state index contributed by atoms with van der Waals surface area (Å²) in [7, 11) is 1.79. The van der Waals surface area contributed by atoms with Crippen LogP contribution < -0.4 is 19.9 Å². The van der Waals surface area contributed by atoms with Gasteiger partial charge in [-0.05, 0) is 79.3 Å². The van der Waals surface area contributed by atoms with E-state index in [-0.39, 0.29) is 35.6 Å². The molecule has 3 aromatic heterocycles. The summed E-state index contributed by atoms with van der Waals surface area (Å²) in [5.41, 5.74) is 5.13. The Morgan fingerprint density at radius 2 is 1.74 bits per heavy atom. The Labute approximate surface area is 425 Å². The minimum atomic E-state index is -2.66. The van der Waals surface area contributed by atoms with Gasteiger partial charge in [0.15, 0.2) is 5.82 Å². The summed E-state index contributed by atoms with van der Waals surface area (Å²) in [6.07, 6.45) is 9.03. The first-order valence-corrected chi connectivity index (χ1v) is 25.8. The number of nitriles is 1. The highest BCUT2D eigenvalue weighted by molar-refractivity contribution is 6.31. The van der Waals surface area contributed by atoms with Gasteiger partial charge in [0.1, 0.15) is 17.9 Å². The normalized spacial score (nSPS) is 23.0. The van der Waals surface area contributed by atoms with E-state index in [0.29, 0.717) is 76.9 Å². The first-order chi connectivity index (χ1) is 34.4. The number of piperidine rings is 2. The monoisotopic (exact) mass is 1000 g/mol. The summed E-state index contributed by atoms with van der Waals surface area (Å²) in [5.74, 6) is 2.70. The van der Waals surface area contributed by atoms with Crippen molar-refractivity contribution in [1.29, 1.82) is 5.26 Å². The number of carbonyl (C=O) groups is 2. The van der Waals surface area contributed by atoms with Crippen LogP contribution in [0.5, 0.6) is 5.75 Å². The molecule has 4 aliphatic heterocycles. The van der Waals surface area contributed by atoms with E-state index in [0.717, 1.165) is 93.2 Å². The van der Waals surface area contributed by atoms with Gasteiger partial charge in [-0.25, -0.2) is 18.7 Å². The fraction of sp³-hybridized carbons (Fsp3) is 0.537. The third-order valence-corrected chi connectivity index (χ3v) is 16.8. The Hall–Kier alpha value is -6.12. The standard InChI is InChI=1S/C54H65ClF2N12O3/c1-32-28-67(52-59-25-37(26-60-52)49(71)62-50-53(3,4)51(54(50,5)6)72-40-11-10-35(24-58)44(55)22-40)19-12-36(32)30-65-17-13-39(14-18-65)69-45-15-20-66(33(2)70)31-43(45)48(63-69)68-16-8-9-34-21-41(38-27-61-64(7)29-38)42(47(56)57)23-46(34)68/h10-11,21-23,25-27,29,32,36,39,47,50-51H,8-9,12-20,28,30-31H2,1-7H3,(H,62,71). The van der Waals surface area contributed by atoms with Crippen LogP contribution in [0.3, 0.4) is 0 Å². The van der Waals surface area contributed by atoms with Crippen molar-refractivity contribution in [3.8, 4) is 22.9 Å². The van der Waals surface area contributed by atoms with E-state index in [1.807, 2.05) is 11.0 Å². The average Bonchev–Trinajstić information content (AvgIpc) is 3.98. The van der Waals surface area contributed by atoms with Crippen molar-refractivity contribution in [2.75, 3.05) is 55.6 Å². The first kappa shape index (κ1) is 49.5. The molecular formula is C54H65ClF2N12O3. The van der Waals surface area contributed by atoms with E-state index in [1.54, 1.807) is 67.7 Å². The first-order valence-electron chi connectivity index (χ1n) is 25.4. The van der Waals surface area contributed by atoms with Gasteiger partial charge >= 0.3 is 0 Å². The number of nitrogens with zero attached hydrogens (tertiary/aromatic N) is 11. The van der Waals surface area contributed by atoms with E-state index in [1.165, 1.54) is 0 Å². The molecule has 1 N–H and O–H groups in total. The molecule has 380 valence electrons. The molecular weight excluding hydrogens is 938 g/mol. The fourth-order valence-electron chi connectivity index (χ4n) is 12.8. The lowest BCUT2D eigenvalue weighted by molar-refractivity contribution is -0.164. The maximum absolute atomic E-state index is 14.8.